The van der Waals surface area contributed by atoms with Gasteiger partial charge in [-0.05, 0) is 37.3 Å². The van der Waals surface area contributed by atoms with Crippen molar-refractivity contribution in [2.75, 3.05) is 13.1 Å². The second-order valence-electron chi connectivity index (χ2n) is 5.95. The summed E-state index contributed by atoms with van der Waals surface area (Å²) >= 11 is 0. The Kier molecular flexibility index (Phi) is 7.11. The molecule has 0 heterocycles. The van der Waals surface area contributed by atoms with E-state index >= 15 is 0 Å². The highest BCUT2D eigenvalue weighted by molar-refractivity contribution is 4.75. The molecular weight excluding hydrogens is 194 g/mol. The van der Waals surface area contributed by atoms with E-state index in [2.05, 4.69) is 26.1 Å². The first kappa shape index (κ1) is 14.0. The zero-order valence-electron chi connectivity index (χ0n) is 11.6. The summed E-state index contributed by atoms with van der Waals surface area (Å²) in [7, 11) is 0. The quantitative estimate of drug-likeness (QED) is 0.667. The molecule has 0 radical (unpaired) electrons. The monoisotopic (exact) mass is 225 g/mol. The summed E-state index contributed by atoms with van der Waals surface area (Å²) in [4.78, 5) is 0. The number of rotatable bonds is 6. The third kappa shape index (κ3) is 5.34. The zero-order valence-corrected chi connectivity index (χ0v) is 11.6. The van der Waals surface area contributed by atoms with Gasteiger partial charge in [0.2, 0.25) is 0 Å². The largest absolute Gasteiger partial charge is 0.317 e. The first-order valence-corrected chi connectivity index (χ1v) is 7.44. The van der Waals surface area contributed by atoms with Crippen LogP contribution in [0.25, 0.3) is 0 Å². The van der Waals surface area contributed by atoms with E-state index in [0.29, 0.717) is 0 Å². The number of nitrogens with one attached hydrogen (secondary N) is 1. The molecule has 1 rings (SSSR count). The van der Waals surface area contributed by atoms with Crippen molar-refractivity contribution in [1.29, 1.82) is 0 Å². The molecule has 1 atom stereocenters. The van der Waals surface area contributed by atoms with Gasteiger partial charge in [0.1, 0.15) is 0 Å². The Morgan fingerprint density at radius 2 is 1.69 bits per heavy atom. The van der Waals surface area contributed by atoms with E-state index in [0.717, 1.165) is 24.3 Å². The van der Waals surface area contributed by atoms with Gasteiger partial charge < -0.3 is 5.32 Å². The molecule has 1 aliphatic rings. The van der Waals surface area contributed by atoms with Gasteiger partial charge in [-0.2, -0.15) is 0 Å². The molecule has 1 saturated carbocycles. The van der Waals surface area contributed by atoms with E-state index in [4.69, 9.17) is 0 Å². The fraction of sp³-hybridized carbons (Fsp3) is 1.00. The minimum Gasteiger partial charge on any atom is -0.317 e. The van der Waals surface area contributed by atoms with Gasteiger partial charge >= 0.3 is 0 Å². The molecule has 1 unspecified atom stereocenters. The first-order valence-electron chi connectivity index (χ1n) is 7.44. The van der Waals surface area contributed by atoms with Crippen LogP contribution in [-0.4, -0.2) is 13.1 Å². The molecule has 0 aliphatic heterocycles. The molecule has 0 saturated heterocycles. The molecular formula is C15H31N. The minimum absolute atomic E-state index is 0.854. The lowest BCUT2D eigenvalue weighted by Crippen LogP contribution is -2.29. The number of hydrogen-bond acceptors (Lipinski definition) is 1. The maximum atomic E-state index is 3.57. The van der Waals surface area contributed by atoms with Crippen LogP contribution >= 0.6 is 0 Å². The Bertz CT molecular complexity index is 157. The van der Waals surface area contributed by atoms with Crippen molar-refractivity contribution >= 4 is 0 Å². The minimum atomic E-state index is 0.854. The molecule has 0 spiro atoms. The van der Waals surface area contributed by atoms with Crippen molar-refractivity contribution in [2.45, 2.75) is 65.7 Å². The highest BCUT2D eigenvalue weighted by Crippen LogP contribution is 2.32. The molecule has 1 N–H and O–H groups in total. The van der Waals surface area contributed by atoms with E-state index < -0.39 is 0 Å². The standard InChI is InChI=1S/C15H31N/c1-4-16-12-15(11-13(2)3)14-9-7-5-6-8-10-14/h13-16H,4-12H2,1-3H3. The predicted molar refractivity (Wildman–Crippen MR) is 72.7 cm³/mol. The van der Waals surface area contributed by atoms with E-state index in [9.17, 15) is 0 Å². The van der Waals surface area contributed by atoms with Crippen LogP contribution in [0.5, 0.6) is 0 Å². The summed E-state index contributed by atoms with van der Waals surface area (Å²) in [6.45, 7) is 9.34. The molecule has 0 bridgehead atoms. The zero-order chi connectivity index (χ0) is 11.8. The summed E-state index contributed by atoms with van der Waals surface area (Å²) in [6.07, 6.45) is 10.3. The summed E-state index contributed by atoms with van der Waals surface area (Å²) in [5.74, 6) is 2.79. The molecule has 1 fully saturated rings. The molecule has 1 aliphatic carbocycles. The smallest absolute Gasteiger partial charge is 0.00179 e. The first-order chi connectivity index (χ1) is 7.74. The van der Waals surface area contributed by atoms with Crippen molar-refractivity contribution in [3.63, 3.8) is 0 Å². The maximum absolute atomic E-state index is 3.57. The van der Waals surface area contributed by atoms with Crippen LogP contribution in [0, 0.1) is 17.8 Å². The van der Waals surface area contributed by atoms with Gasteiger partial charge in [0.25, 0.3) is 0 Å². The van der Waals surface area contributed by atoms with E-state index in [1.807, 2.05) is 0 Å². The lowest BCUT2D eigenvalue weighted by molar-refractivity contribution is 0.248. The third-order valence-corrected chi connectivity index (χ3v) is 4.00. The average Bonchev–Trinajstić information content (AvgIpc) is 2.52. The van der Waals surface area contributed by atoms with Gasteiger partial charge in [-0.25, -0.2) is 0 Å². The molecule has 1 nitrogen and oxygen atoms in total. The number of hydrogen-bond donors (Lipinski definition) is 1. The summed E-state index contributed by atoms with van der Waals surface area (Å²) < 4.78 is 0. The summed E-state index contributed by atoms with van der Waals surface area (Å²) in [5, 5.41) is 3.57. The van der Waals surface area contributed by atoms with Crippen LogP contribution in [0.4, 0.5) is 0 Å². The molecule has 16 heavy (non-hydrogen) atoms. The SMILES string of the molecule is CCNCC(CC(C)C)C1CCCCCC1. The molecule has 0 aromatic heterocycles. The summed E-state index contributed by atoms with van der Waals surface area (Å²) in [6, 6.07) is 0. The second-order valence-corrected chi connectivity index (χ2v) is 5.95. The Labute approximate surface area is 102 Å². The van der Waals surface area contributed by atoms with E-state index in [1.54, 1.807) is 0 Å². The Morgan fingerprint density at radius 1 is 1.06 bits per heavy atom. The maximum Gasteiger partial charge on any atom is -0.00179 e. The van der Waals surface area contributed by atoms with Gasteiger partial charge in [-0.3, -0.25) is 0 Å². The van der Waals surface area contributed by atoms with Crippen LogP contribution in [-0.2, 0) is 0 Å². The lowest BCUT2D eigenvalue weighted by atomic mass is 9.81. The fourth-order valence-corrected chi connectivity index (χ4v) is 3.16. The summed E-state index contributed by atoms with van der Waals surface area (Å²) in [5.41, 5.74) is 0. The molecule has 0 amide bonds. The van der Waals surface area contributed by atoms with E-state index in [-0.39, 0.29) is 0 Å². The lowest BCUT2D eigenvalue weighted by Gasteiger charge is -2.28. The highest BCUT2D eigenvalue weighted by atomic mass is 14.8. The van der Waals surface area contributed by atoms with E-state index in [1.165, 1.54) is 51.5 Å². The fourth-order valence-electron chi connectivity index (χ4n) is 3.16. The van der Waals surface area contributed by atoms with Gasteiger partial charge in [0.05, 0.1) is 0 Å². The Morgan fingerprint density at radius 3 is 2.19 bits per heavy atom. The molecule has 0 aromatic carbocycles. The van der Waals surface area contributed by atoms with Gasteiger partial charge in [-0.15, -0.1) is 0 Å². The van der Waals surface area contributed by atoms with Gasteiger partial charge in [0.15, 0.2) is 0 Å². The van der Waals surface area contributed by atoms with Gasteiger partial charge in [-0.1, -0.05) is 59.3 Å². The van der Waals surface area contributed by atoms with Crippen molar-refractivity contribution in [3.05, 3.63) is 0 Å². The van der Waals surface area contributed by atoms with Crippen molar-refractivity contribution < 1.29 is 0 Å². The Balaban J connectivity index is 2.43. The topological polar surface area (TPSA) is 12.0 Å². The van der Waals surface area contributed by atoms with Crippen LogP contribution < -0.4 is 5.32 Å². The predicted octanol–water partition coefficient (Wildman–Crippen LogP) is 4.23. The van der Waals surface area contributed by atoms with Gasteiger partial charge in [0, 0.05) is 0 Å². The average molecular weight is 225 g/mol. The van der Waals surface area contributed by atoms with Crippen LogP contribution in [0.2, 0.25) is 0 Å². The van der Waals surface area contributed by atoms with Crippen LogP contribution in [0.15, 0.2) is 0 Å². The molecule has 1 heteroatoms. The third-order valence-electron chi connectivity index (χ3n) is 4.00. The van der Waals surface area contributed by atoms with Crippen molar-refractivity contribution in [3.8, 4) is 0 Å². The molecule has 96 valence electrons. The Hall–Kier alpha value is -0.0400. The molecule has 0 aromatic rings. The van der Waals surface area contributed by atoms with Crippen LogP contribution in [0.1, 0.15) is 65.7 Å². The normalized spacial score (nSPS) is 21.0. The van der Waals surface area contributed by atoms with Crippen molar-refractivity contribution in [1.82, 2.24) is 5.32 Å². The van der Waals surface area contributed by atoms with Crippen LogP contribution in [0.3, 0.4) is 0 Å². The second kappa shape index (κ2) is 8.11. The highest BCUT2D eigenvalue weighted by Gasteiger charge is 2.22. The van der Waals surface area contributed by atoms with Crippen molar-refractivity contribution in [2.24, 2.45) is 17.8 Å².